The quantitative estimate of drug-likeness (QED) is 0.776. The zero-order chi connectivity index (χ0) is 14.5. The zero-order valence-electron chi connectivity index (χ0n) is 11.3. The maximum atomic E-state index is 12.1. The predicted octanol–water partition coefficient (Wildman–Crippen LogP) is 1.47. The molecule has 20 heavy (non-hydrogen) atoms. The second kappa shape index (κ2) is 6.38. The van der Waals surface area contributed by atoms with E-state index in [2.05, 4.69) is 10.6 Å². The molecule has 1 aliphatic heterocycles. The van der Waals surface area contributed by atoms with E-state index in [0.29, 0.717) is 5.75 Å². The van der Waals surface area contributed by atoms with E-state index in [1.54, 1.807) is 6.07 Å². The minimum atomic E-state index is -1.08. The van der Waals surface area contributed by atoms with Gasteiger partial charge in [0.25, 0.3) is 0 Å². The van der Waals surface area contributed by atoms with Crippen molar-refractivity contribution in [2.75, 3.05) is 19.0 Å². The van der Waals surface area contributed by atoms with Crippen LogP contribution in [0.15, 0.2) is 18.2 Å². The fourth-order valence-electron chi connectivity index (χ4n) is 2.24. The molecule has 0 spiro atoms. The van der Waals surface area contributed by atoms with E-state index in [9.17, 15) is 9.59 Å². The average Bonchev–Trinajstić information content (AvgIpc) is 2.47. The van der Waals surface area contributed by atoms with E-state index in [-0.39, 0.29) is 23.2 Å². The SMILES string of the molecule is COc1ccc(C(=O)O)c(NC(=O)[C@H]2CCCCN2)c1. The molecular weight excluding hydrogens is 260 g/mol. The highest BCUT2D eigenvalue weighted by Gasteiger charge is 2.22. The summed E-state index contributed by atoms with van der Waals surface area (Å²) in [4.78, 5) is 23.3. The Morgan fingerprint density at radius 1 is 1.40 bits per heavy atom. The first kappa shape index (κ1) is 14.3. The van der Waals surface area contributed by atoms with Crippen molar-refractivity contribution in [2.45, 2.75) is 25.3 Å². The van der Waals surface area contributed by atoms with Crippen LogP contribution in [0.2, 0.25) is 0 Å². The highest BCUT2D eigenvalue weighted by molar-refractivity contribution is 6.02. The number of nitrogens with one attached hydrogen (secondary N) is 2. The van der Waals surface area contributed by atoms with Gasteiger partial charge < -0.3 is 20.5 Å². The van der Waals surface area contributed by atoms with Gasteiger partial charge in [-0.2, -0.15) is 0 Å². The summed E-state index contributed by atoms with van der Waals surface area (Å²) in [6.45, 7) is 0.808. The Hall–Kier alpha value is -2.08. The molecular formula is C14H18N2O4. The van der Waals surface area contributed by atoms with Crippen LogP contribution in [0.1, 0.15) is 29.6 Å². The van der Waals surface area contributed by atoms with Gasteiger partial charge in [0.15, 0.2) is 0 Å². The number of hydrogen-bond acceptors (Lipinski definition) is 4. The lowest BCUT2D eigenvalue weighted by molar-refractivity contribution is -0.118. The molecule has 0 unspecified atom stereocenters. The molecule has 1 fully saturated rings. The van der Waals surface area contributed by atoms with Crippen LogP contribution in [0.5, 0.6) is 5.75 Å². The molecule has 6 nitrogen and oxygen atoms in total. The number of hydrogen-bond donors (Lipinski definition) is 3. The van der Waals surface area contributed by atoms with Gasteiger partial charge >= 0.3 is 5.97 Å². The lowest BCUT2D eigenvalue weighted by Gasteiger charge is -2.23. The number of piperidine rings is 1. The fourth-order valence-corrected chi connectivity index (χ4v) is 2.24. The van der Waals surface area contributed by atoms with E-state index in [1.807, 2.05) is 0 Å². The van der Waals surface area contributed by atoms with Crippen molar-refractivity contribution in [1.29, 1.82) is 0 Å². The topological polar surface area (TPSA) is 87.7 Å². The zero-order valence-corrected chi connectivity index (χ0v) is 11.3. The molecule has 6 heteroatoms. The summed E-state index contributed by atoms with van der Waals surface area (Å²) < 4.78 is 5.06. The Morgan fingerprint density at radius 2 is 2.20 bits per heavy atom. The van der Waals surface area contributed by atoms with Crippen LogP contribution in [0, 0.1) is 0 Å². The maximum Gasteiger partial charge on any atom is 0.337 e. The van der Waals surface area contributed by atoms with E-state index < -0.39 is 5.97 Å². The van der Waals surface area contributed by atoms with Crippen LogP contribution in [0.4, 0.5) is 5.69 Å². The van der Waals surface area contributed by atoms with Crippen molar-refractivity contribution in [3.05, 3.63) is 23.8 Å². The first-order chi connectivity index (χ1) is 9.61. The van der Waals surface area contributed by atoms with Gasteiger partial charge in [-0.05, 0) is 31.5 Å². The second-order valence-electron chi connectivity index (χ2n) is 4.71. The van der Waals surface area contributed by atoms with Crippen LogP contribution < -0.4 is 15.4 Å². The van der Waals surface area contributed by atoms with Crippen molar-refractivity contribution in [3.63, 3.8) is 0 Å². The molecule has 0 aromatic heterocycles. The highest BCUT2D eigenvalue weighted by atomic mass is 16.5. The molecule has 1 heterocycles. The molecule has 1 aromatic carbocycles. The molecule has 1 amide bonds. The van der Waals surface area contributed by atoms with E-state index >= 15 is 0 Å². The molecule has 0 radical (unpaired) electrons. The summed E-state index contributed by atoms with van der Waals surface area (Å²) in [5.74, 6) is -0.790. The van der Waals surface area contributed by atoms with Gasteiger partial charge in [0.2, 0.25) is 5.91 Å². The Kier molecular flexibility index (Phi) is 4.57. The molecule has 0 bridgehead atoms. The van der Waals surface area contributed by atoms with Crippen molar-refractivity contribution in [1.82, 2.24) is 5.32 Å². The normalized spacial score (nSPS) is 18.4. The monoisotopic (exact) mass is 278 g/mol. The van der Waals surface area contributed by atoms with Gasteiger partial charge in [0, 0.05) is 6.07 Å². The molecule has 108 valence electrons. The van der Waals surface area contributed by atoms with Crippen molar-refractivity contribution < 1.29 is 19.4 Å². The Bertz CT molecular complexity index is 510. The molecule has 1 atom stereocenters. The van der Waals surface area contributed by atoms with Gasteiger partial charge in [-0.1, -0.05) is 6.42 Å². The van der Waals surface area contributed by atoms with Crippen molar-refractivity contribution in [3.8, 4) is 5.75 Å². The second-order valence-corrected chi connectivity index (χ2v) is 4.71. The third kappa shape index (κ3) is 3.27. The van der Waals surface area contributed by atoms with E-state index in [0.717, 1.165) is 25.8 Å². The molecule has 3 N–H and O–H groups in total. The summed E-state index contributed by atoms with van der Waals surface area (Å²) in [7, 11) is 1.49. The Balaban J connectivity index is 2.17. The standard InChI is InChI=1S/C14H18N2O4/c1-20-9-5-6-10(14(18)19)12(8-9)16-13(17)11-4-2-3-7-15-11/h5-6,8,11,15H,2-4,7H2,1H3,(H,16,17)(H,18,19)/t11-/m1/s1. The van der Waals surface area contributed by atoms with Gasteiger partial charge in [0.05, 0.1) is 24.4 Å². The first-order valence-electron chi connectivity index (χ1n) is 6.57. The molecule has 2 rings (SSSR count). The minimum Gasteiger partial charge on any atom is -0.497 e. The number of methoxy groups -OCH3 is 1. The third-order valence-electron chi connectivity index (χ3n) is 3.34. The number of rotatable bonds is 4. The minimum absolute atomic E-state index is 0.0509. The number of amides is 1. The molecule has 0 saturated carbocycles. The third-order valence-corrected chi connectivity index (χ3v) is 3.34. The fraction of sp³-hybridized carbons (Fsp3) is 0.429. The summed E-state index contributed by atoms with van der Waals surface area (Å²) in [6.07, 6.45) is 2.82. The lowest BCUT2D eigenvalue weighted by atomic mass is 10.0. The van der Waals surface area contributed by atoms with Crippen LogP contribution in [-0.2, 0) is 4.79 Å². The number of carboxylic acid groups (broad SMARTS) is 1. The number of benzene rings is 1. The summed E-state index contributed by atoms with van der Waals surface area (Å²) in [5.41, 5.74) is 0.309. The summed E-state index contributed by atoms with van der Waals surface area (Å²) in [6, 6.07) is 4.23. The Morgan fingerprint density at radius 3 is 2.80 bits per heavy atom. The summed E-state index contributed by atoms with van der Waals surface area (Å²) in [5, 5.41) is 14.9. The molecule has 1 aliphatic rings. The number of aromatic carboxylic acids is 1. The Labute approximate surface area is 117 Å². The van der Waals surface area contributed by atoms with Gasteiger partial charge in [-0.15, -0.1) is 0 Å². The van der Waals surface area contributed by atoms with Crippen LogP contribution in [0.25, 0.3) is 0 Å². The van der Waals surface area contributed by atoms with E-state index in [4.69, 9.17) is 9.84 Å². The van der Waals surface area contributed by atoms with Crippen LogP contribution >= 0.6 is 0 Å². The van der Waals surface area contributed by atoms with Crippen LogP contribution in [-0.4, -0.2) is 36.7 Å². The predicted molar refractivity (Wildman–Crippen MR) is 74.2 cm³/mol. The number of ether oxygens (including phenoxy) is 1. The smallest absolute Gasteiger partial charge is 0.337 e. The highest BCUT2D eigenvalue weighted by Crippen LogP contribution is 2.23. The number of carboxylic acids is 1. The number of carbonyl (C=O) groups excluding carboxylic acids is 1. The maximum absolute atomic E-state index is 12.1. The van der Waals surface area contributed by atoms with Gasteiger partial charge in [-0.3, -0.25) is 4.79 Å². The molecule has 1 saturated heterocycles. The number of carbonyl (C=O) groups is 2. The van der Waals surface area contributed by atoms with E-state index in [1.165, 1.54) is 19.2 Å². The first-order valence-corrected chi connectivity index (χ1v) is 6.57. The number of anilines is 1. The largest absolute Gasteiger partial charge is 0.497 e. The summed E-state index contributed by atoms with van der Waals surface area (Å²) >= 11 is 0. The van der Waals surface area contributed by atoms with Crippen LogP contribution in [0.3, 0.4) is 0 Å². The van der Waals surface area contributed by atoms with Crippen molar-refractivity contribution in [2.24, 2.45) is 0 Å². The van der Waals surface area contributed by atoms with Gasteiger partial charge in [0.1, 0.15) is 5.75 Å². The average molecular weight is 278 g/mol. The molecule has 1 aromatic rings. The molecule has 0 aliphatic carbocycles. The van der Waals surface area contributed by atoms with Crippen molar-refractivity contribution >= 4 is 17.6 Å². The lowest BCUT2D eigenvalue weighted by Crippen LogP contribution is -2.43. The van der Waals surface area contributed by atoms with Gasteiger partial charge in [-0.25, -0.2) is 4.79 Å².